The van der Waals surface area contributed by atoms with Crippen LogP contribution >= 0.6 is 11.3 Å². The van der Waals surface area contributed by atoms with Crippen molar-refractivity contribution in [3.05, 3.63) is 57.0 Å². The van der Waals surface area contributed by atoms with E-state index in [2.05, 4.69) is 10.1 Å². The normalized spacial score (nSPS) is 12.1. The number of carbonyl (C=O) groups excluding carboxylic acids is 1. The molecule has 2 heterocycles. The first-order valence-corrected chi connectivity index (χ1v) is 8.16. The van der Waals surface area contributed by atoms with E-state index in [1.165, 1.54) is 4.57 Å². The molecule has 0 aliphatic heterocycles. The van der Waals surface area contributed by atoms with Crippen molar-refractivity contribution in [1.82, 2.24) is 14.7 Å². The van der Waals surface area contributed by atoms with Crippen molar-refractivity contribution in [2.45, 2.75) is 26.5 Å². The lowest BCUT2D eigenvalue weighted by Gasteiger charge is -2.09. The Morgan fingerprint density at radius 2 is 2.12 bits per heavy atom. The Kier molecular flexibility index (Phi) is 4.57. The third-order valence-electron chi connectivity index (χ3n) is 3.39. The SMILES string of the molecule is Cc1csc(=O)n1CC(=O)O[C@H](C)c1nc(-c2ccccc2)no1. The van der Waals surface area contributed by atoms with Crippen LogP contribution in [0, 0.1) is 6.92 Å². The van der Waals surface area contributed by atoms with Crippen LogP contribution in [0.4, 0.5) is 0 Å². The quantitative estimate of drug-likeness (QED) is 0.661. The second kappa shape index (κ2) is 6.79. The van der Waals surface area contributed by atoms with Gasteiger partial charge in [-0.2, -0.15) is 4.98 Å². The van der Waals surface area contributed by atoms with Gasteiger partial charge in [0.15, 0.2) is 6.10 Å². The fourth-order valence-electron chi connectivity index (χ4n) is 2.11. The largest absolute Gasteiger partial charge is 0.451 e. The van der Waals surface area contributed by atoms with E-state index < -0.39 is 12.1 Å². The number of carbonyl (C=O) groups is 1. The molecular weight excluding hydrogens is 330 g/mol. The highest BCUT2D eigenvalue weighted by molar-refractivity contribution is 7.07. The Balaban J connectivity index is 1.67. The molecule has 0 amide bonds. The summed E-state index contributed by atoms with van der Waals surface area (Å²) in [6.45, 7) is 3.26. The summed E-state index contributed by atoms with van der Waals surface area (Å²) >= 11 is 1.05. The number of nitrogens with zero attached hydrogens (tertiary/aromatic N) is 3. The summed E-state index contributed by atoms with van der Waals surface area (Å²) in [4.78, 5) is 27.7. The lowest BCUT2D eigenvalue weighted by atomic mass is 10.2. The molecule has 0 saturated carbocycles. The monoisotopic (exact) mass is 345 g/mol. The van der Waals surface area contributed by atoms with Crippen molar-refractivity contribution in [1.29, 1.82) is 0 Å². The van der Waals surface area contributed by atoms with Gasteiger partial charge in [-0.3, -0.25) is 14.2 Å². The van der Waals surface area contributed by atoms with Crippen molar-refractivity contribution in [3.63, 3.8) is 0 Å². The maximum Gasteiger partial charge on any atom is 0.326 e. The number of esters is 1. The van der Waals surface area contributed by atoms with Gasteiger partial charge in [-0.1, -0.05) is 46.8 Å². The fourth-order valence-corrected chi connectivity index (χ4v) is 2.85. The Bertz CT molecular complexity index is 897. The number of hydrogen-bond acceptors (Lipinski definition) is 7. The van der Waals surface area contributed by atoms with E-state index >= 15 is 0 Å². The van der Waals surface area contributed by atoms with Gasteiger partial charge in [0.05, 0.1) is 0 Å². The number of aromatic nitrogens is 3. The molecule has 1 atom stereocenters. The number of ether oxygens (including phenoxy) is 1. The molecule has 0 saturated heterocycles. The van der Waals surface area contributed by atoms with Crippen molar-refractivity contribution in [3.8, 4) is 11.4 Å². The summed E-state index contributed by atoms with van der Waals surface area (Å²) in [5.41, 5.74) is 1.53. The van der Waals surface area contributed by atoms with Gasteiger partial charge in [0.1, 0.15) is 6.54 Å². The van der Waals surface area contributed by atoms with Crippen LogP contribution in [0.15, 0.2) is 45.0 Å². The van der Waals surface area contributed by atoms with Crippen molar-refractivity contribution < 1.29 is 14.1 Å². The van der Waals surface area contributed by atoms with E-state index in [0.717, 1.165) is 22.6 Å². The highest BCUT2D eigenvalue weighted by Crippen LogP contribution is 2.20. The number of benzene rings is 1. The molecule has 0 spiro atoms. The summed E-state index contributed by atoms with van der Waals surface area (Å²) in [7, 11) is 0. The summed E-state index contributed by atoms with van der Waals surface area (Å²) < 4.78 is 11.8. The average Bonchev–Trinajstić information content (AvgIpc) is 3.18. The highest BCUT2D eigenvalue weighted by atomic mass is 32.1. The van der Waals surface area contributed by atoms with Crippen LogP contribution in [-0.2, 0) is 16.1 Å². The molecule has 0 N–H and O–H groups in total. The van der Waals surface area contributed by atoms with E-state index in [4.69, 9.17) is 9.26 Å². The third kappa shape index (κ3) is 3.43. The maximum absolute atomic E-state index is 12.0. The number of hydrogen-bond donors (Lipinski definition) is 0. The second-order valence-corrected chi connectivity index (χ2v) is 6.00. The van der Waals surface area contributed by atoms with E-state index in [1.807, 2.05) is 30.3 Å². The second-order valence-electron chi connectivity index (χ2n) is 5.18. The molecule has 7 nitrogen and oxygen atoms in total. The Morgan fingerprint density at radius 3 is 2.79 bits per heavy atom. The summed E-state index contributed by atoms with van der Waals surface area (Å²) in [6.07, 6.45) is -0.697. The fraction of sp³-hybridized carbons (Fsp3) is 0.250. The standard InChI is InChI=1S/C16H15N3O4S/c1-10-9-24-16(21)19(10)8-13(20)22-11(2)15-17-14(18-23-15)12-6-4-3-5-7-12/h3-7,9,11H,8H2,1-2H3/t11-/m1/s1. The molecule has 1 aromatic carbocycles. The number of rotatable bonds is 5. The smallest absolute Gasteiger partial charge is 0.326 e. The van der Waals surface area contributed by atoms with Gasteiger partial charge in [0, 0.05) is 16.6 Å². The van der Waals surface area contributed by atoms with Crippen LogP contribution in [0.25, 0.3) is 11.4 Å². The minimum Gasteiger partial charge on any atom is -0.451 e. The zero-order chi connectivity index (χ0) is 17.1. The zero-order valence-corrected chi connectivity index (χ0v) is 13.9. The summed E-state index contributed by atoms with van der Waals surface area (Å²) in [6, 6.07) is 9.35. The first kappa shape index (κ1) is 16.1. The van der Waals surface area contributed by atoms with Crippen LogP contribution in [0.3, 0.4) is 0 Å². The molecule has 2 aromatic heterocycles. The molecular formula is C16H15N3O4S. The lowest BCUT2D eigenvalue weighted by molar-refractivity contribution is -0.150. The Labute approximate surface area is 141 Å². The van der Waals surface area contributed by atoms with Crippen LogP contribution in [0.1, 0.15) is 24.6 Å². The van der Waals surface area contributed by atoms with Gasteiger partial charge >= 0.3 is 10.8 Å². The average molecular weight is 345 g/mol. The topological polar surface area (TPSA) is 87.2 Å². The molecule has 0 unspecified atom stereocenters. The molecule has 124 valence electrons. The molecule has 0 bridgehead atoms. The van der Waals surface area contributed by atoms with Gasteiger partial charge in [-0.25, -0.2) is 0 Å². The molecule has 24 heavy (non-hydrogen) atoms. The van der Waals surface area contributed by atoms with Gasteiger partial charge in [0.25, 0.3) is 5.89 Å². The predicted molar refractivity (Wildman–Crippen MR) is 87.6 cm³/mol. The van der Waals surface area contributed by atoms with E-state index in [-0.39, 0.29) is 17.3 Å². The minimum absolute atomic E-state index is 0.141. The van der Waals surface area contributed by atoms with Gasteiger partial charge in [0.2, 0.25) is 5.82 Å². The van der Waals surface area contributed by atoms with Gasteiger partial charge in [-0.15, -0.1) is 0 Å². The minimum atomic E-state index is -0.697. The lowest BCUT2D eigenvalue weighted by Crippen LogP contribution is -2.23. The maximum atomic E-state index is 12.0. The molecule has 0 aliphatic rings. The van der Waals surface area contributed by atoms with Crippen molar-refractivity contribution in [2.75, 3.05) is 0 Å². The van der Waals surface area contributed by atoms with E-state index in [0.29, 0.717) is 5.82 Å². The number of thiazole rings is 1. The predicted octanol–water partition coefficient (Wildman–Crippen LogP) is 2.57. The molecule has 3 aromatic rings. The van der Waals surface area contributed by atoms with Gasteiger partial charge in [-0.05, 0) is 13.8 Å². The molecule has 3 rings (SSSR count). The molecule has 0 aliphatic carbocycles. The molecule has 0 fully saturated rings. The van der Waals surface area contributed by atoms with Crippen LogP contribution in [0.2, 0.25) is 0 Å². The number of aryl methyl sites for hydroxylation is 1. The summed E-state index contributed by atoms with van der Waals surface area (Å²) in [5, 5.41) is 5.59. The van der Waals surface area contributed by atoms with Crippen LogP contribution < -0.4 is 4.87 Å². The Hall–Kier alpha value is -2.74. The Morgan fingerprint density at radius 1 is 1.38 bits per heavy atom. The summed E-state index contributed by atoms with van der Waals surface area (Å²) in [5.74, 6) is 0.0977. The van der Waals surface area contributed by atoms with E-state index in [1.54, 1.807) is 19.2 Å². The molecule has 0 radical (unpaired) electrons. The molecule has 8 heteroatoms. The first-order valence-electron chi connectivity index (χ1n) is 7.28. The first-order chi connectivity index (χ1) is 11.5. The van der Waals surface area contributed by atoms with Crippen molar-refractivity contribution >= 4 is 17.3 Å². The third-order valence-corrected chi connectivity index (χ3v) is 4.27. The highest BCUT2D eigenvalue weighted by Gasteiger charge is 2.20. The van der Waals surface area contributed by atoms with E-state index in [9.17, 15) is 9.59 Å². The zero-order valence-electron chi connectivity index (χ0n) is 13.1. The van der Waals surface area contributed by atoms with Crippen LogP contribution in [0.5, 0.6) is 0 Å². The van der Waals surface area contributed by atoms with Crippen molar-refractivity contribution in [2.24, 2.45) is 0 Å². The van der Waals surface area contributed by atoms with Gasteiger partial charge < -0.3 is 9.26 Å². The van der Waals surface area contributed by atoms with Crippen LogP contribution in [-0.4, -0.2) is 20.7 Å².